The summed E-state index contributed by atoms with van der Waals surface area (Å²) in [4.78, 5) is 13.4. The highest BCUT2D eigenvalue weighted by Crippen LogP contribution is 2.29. The number of nitrogens with zero attached hydrogens (tertiary/aromatic N) is 1. The van der Waals surface area contributed by atoms with Gasteiger partial charge in [0.25, 0.3) is 0 Å². The number of halogens is 5. The zero-order valence-corrected chi connectivity index (χ0v) is 13.7. The molecular formula is C17H20F5NO2. The van der Waals surface area contributed by atoms with Crippen LogP contribution >= 0.6 is 0 Å². The molecule has 0 bridgehead atoms. The van der Waals surface area contributed by atoms with Gasteiger partial charge >= 0.3 is 6.18 Å². The molecule has 0 aliphatic carbocycles. The lowest BCUT2D eigenvalue weighted by molar-refractivity contribution is -0.137. The molecule has 1 aromatic carbocycles. The first-order chi connectivity index (χ1) is 11.7. The lowest BCUT2D eigenvalue weighted by Crippen LogP contribution is -2.32. The van der Waals surface area contributed by atoms with E-state index in [-0.39, 0.29) is 25.0 Å². The average molecular weight is 365 g/mol. The van der Waals surface area contributed by atoms with Crippen LogP contribution in [-0.4, -0.2) is 36.4 Å². The molecule has 1 fully saturated rings. The van der Waals surface area contributed by atoms with Crippen LogP contribution in [0, 0.1) is 5.92 Å². The van der Waals surface area contributed by atoms with E-state index in [0.717, 1.165) is 12.1 Å². The fourth-order valence-corrected chi connectivity index (χ4v) is 2.59. The Balaban J connectivity index is 1.78. The van der Waals surface area contributed by atoms with Crippen LogP contribution in [0.1, 0.15) is 30.9 Å². The van der Waals surface area contributed by atoms with Crippen molar-refractivity contribution in [1.29, 1.82) is 0 Å². The first-order valence-electron chi connectivity index (χ1n) is 8.00. The molecule has 1 aromatic rings. The highest BCUT2D eigenvalue weighted by Gasteiger charge is 2.31. The maximum atomic E-state index is 12.5. The normalized spacial score (nSPS) is 19.5. The summed E-state index contributed by atoms with van der Waals surface area (Å²) in [6.07, 6.45) is -6.77. The third-order valence-electron chi connectivity index (χ3n) is 4.19. The summed E-state index contributed by atoms with van der Waals surface area (Å²) in [5, 5.41) is 0. The molecule has 25 heavy (non-hydrogen) atoms. The van der Waals surface area contributed by atoms with Crippen molar-refractivity contribution in [2.24, 2.45) is 5.92 Å². The minimum Gasteiger partial charge on any atom is -0.372 e. The van der Waals surface area contributed by atoms with Gasteiger partial charge in [-0.15, -0.1) is 0 Å². The number of alkyl halides is 5. The number of benzene rings is 1. The van der Waals surface area contributed by atoms with Gasteiger partial charge < -0.3 is 9.64 Å². The molecule has 0 radical (unpaired) electrons. The second-order valence-corrected chi connectivity index (χ2v) is 6.27. The summed E-state index contributed by atoms with van der Waals surface area (Å²) in [5.41, 5.74) is -0.119. The number of ether oxygens (including phenoxy) is 1. The molecule has 1 aliphatic heterocycles. The number of carbonyl (C=O) groups excluding carboxylic acids is 1. The van der Waals surface area contributed by atoms with Gasteiger partial charge in [0.1, 0.15) is 0 Å². The Hall–Kier alpha value is -1.70. The molecule has 2 atom stereocenters. The second kappa shape index (κ2) is 8.12. The molecule has 1 amide bonds. The van der Waals surface area contributed by atoms with Crippen LogP contribution in [0.15, 0.2) is 24.3 Å². The van der Waals surface area contributed by atoms with E-state index in [1.165, 1.54) is 24.0 Å². The lowest BCUT2D eigenvalue weighted by Gasteiger charge is -2.19. The molecule has 140 valence electrons. The Morgan fingerprint density at radius 3 is 2.48 bits per heavy atom. The zero-order valence-electron chi connectivity index (χ0n) is 13.7. The predicted octanol–water partition coefficient (Wildman–Crippen LogP) is 4.11. The highest BCUT2D eigenvalue weighted by molar-refractivity contribution is 5.76. The first kappa shape index (κ1) is 19.6. The summed E-state index contributed by atoms with van der Waals surface area (Å²) >= 11 is 0. The maximum absolute atomic E-state index is 12.5. The average Bonchev–Trinajstić information content (AvgIpc) is 3.01. The summed E-state index contributed by atoms with van der Waals surface area (Å²) in [7, 11) is 0. The van der Waals surface area contributed by atoms with Gasteiger partial charge in [0.15, 0.2) is 0 Å². The minimum absolute atomic E-state index is 0.137. The fourth-order valence-electron chi connectivity index (χ4n) is 2.59. The standard InChI is InChI=1S/C17H20F5NO2/c1-11(16(18)19)8-15(24)23-7-6-14(9-23)25-10-12-2-4-13(5-3-12)17(20,21)22/h2-5,11,14,16H,6-10H2,1H3/t11?,14-/m0/s1. The minimum atomic E-state index is -4.37. The topological polar surface area (TPSA) is 29.5 Å². The quantitative estimate of drug-likeness (QED) is 0.710. The Labute approximate surface area is 142 Å². The number of likely N-dealkylation sites (tertiary alicyclic amines) is 1. The molecule has 0 spiro atoms. The molecule has 8 heteroatoms. The maximum Gasteiger partial charge on any atom is 0.416 e. The first-order valence-corrected chi connectivity index (χ1v) is 8.00. The summed E-state index contributed by atoms with van der Waals surface area (Å²) in [6.45, 7) is 2.22. The molecule has 1 saturated heterocycles. The van der Waals surface area contributed by atoms with Crippen molar-refractivity contribution in [1.82, 2.24) is 4.90 Å². The number of hydrogen-bond donors (Lipinski definition) is 0. The van der Waals surface area contributed by atoms with Crippen molar-refractivity contribution in [3.8, 4) is 0 Å². The number of hydrogen-bond acceptors (Lipinski definition) is 2. The molecule has 3 nitrogen and oxygen atoms in total. The zero-order chi connectivity index (χ0) is 18.6. The van der Waals surface area contributed by atoms with Crippen molar-refractivity contribution in [2.45, 2.75) is 45.1 Å². The third-order valence-corrected chi connectivity index (χ3v) is 4.19. The predicted molar refractivity (Wildman–Crippen MR) is 81.0 cm³/mol. The van der Waals surface area contributed by atoms with Gasteiger partial charge in [0.05, 0.1) is 18.3 Å². The van der Waals surface area contributed by atoms with Crippen LogP contribution < -0.4 is 0 Å². The van der Waals surface area contributed by atoms with Crippen molar-refractivity contribution in [3.63, 3.8) is 0 Å². The number of carbonyl (C=O) groups is 1. The van der Waals surface area contributed by atoms with Crippen LogP contribution in [0.3, 0.4) is 0 Å². The van der Waals surface area contributed by atoms with E-state index in [9.17, 15) is 26.7 Å². The third kappa shape index (κ3) is 5.66. The van der Waals surface area contributed by atoms with Gasteiger partial charge in [-0.3, -0.25) is 4.79 Å². The van der Waals surface area contributed by atoms with Gasteiger partial charge in [-0.25, -0.2) is 8.78 Å². The number of amides is 1. The number of rotatable bonds is 6. The van der Waals surface area contributed by atoms with Gasteiger partial charge in [-0.2, -0.15) is 13.2 Å². The van der Waals surface area contributed by atoms with Crippen molar-refractivity contribution in [3.05, 3.63) is 35.4 Å². The van der Waals surface area contributed by atoms with Crippen LogP contribution in [0.2, 0.25) is 0 Å². The summed E-state index contributed by atoms with van der Waals surface area (Å²) in [5.74, 6) is -1.31. The smallest absolute Gasteiger partial charge is 0.372 e. The van der Waals surface area contributed by atoms with Crippen LogP contribution in [0.25, 0.3) is 0 Å². The molecule has 2 rings (SSSR count). The molecule has 1 heterocycles. The van der Waals surface area contributed by atoms with Gasteiger partial charge in [0, 0.05) is 25.4 Å². The molecular weight excluding hydrogens is 345 g/mol. The van der Waals surface area contributed by atoms with E-state index in [2.05, 4.69) is 0 Å². The molecule has 0 saturated carbocycles. The molecule has 1 aliphatic rings. The summed E-state index contributed by atoms with van der Waals surface area (Å²) < 4.78 is 68.1. The van der Waals surface area contributed by atoms with Crippen LogP contribution in [-0.2, 0) is 22.3 Å². The Morgan fingerprint density at radius 2 is 1.92 bits per heavy atom. The Bertz CT molecular complexity index is 573. The molecule has 0 N–H and O–H groups in total. The van der Waals surface area contributed by atoms with Crippen LogP contribution in [0.5, 0.6) is 0 Å². The van der Waals surface area contributed by atoms with E-state index in [0.29, 0.717) is 25.1 Å². The van der Waals surface area contributed by atoms with Gasteiger partial charge in [-0.05, 0) is 24.1 Å². The Morgan fingerprint density at radius 1 is 1.28 bits per heavy atom. The monoisotopic (exact) mass is 365 g/mol. The largest absolute Gasteiger partial charge is 0.416 e. The fraction of sp³-hybridized carbons (Fsp3) is 0.588. The van der Waals surface area contributed by atoms with Crippen molar-refractivity contribution >= 4 is 5.91 Å². The Kier molecular flexibility index (Phi) is 6.37. The molecule has 0 aromatic heterocycles. The van der Waals surface area contributed by atoms with Gasteiger partial charge in [-0.1, -0.05) is 19.1 Å². The second-order valence-electron chi connectivity index (χ2n) is 6.27. The van der Waals surface area contributed by atoms with Crippen molar-refractivity contribution < 1.29 is 31.5 Å². The van der Waals surface area contributed by atoms with E-state index in [4.69, 9.17) is 4.74 Å². The molecule has 1 unspecified atom stereocenters. The van der Waals surface area contributed by atoms with E-state index >= 15 is 0 Å². The van der Waals surface area contributed by atoms with E-state index in [1.54, 1.807) is 0 Å². The van der Waals surface area contributed by atoms with E-state index in [1.807, 2.05) is 0 Å². The van der Waals surface area contributed by atoms with Crippen molar-refractivity contribution in [2.75, 3.05) is 13.1 Å². The van der Waals surface area contributed by atoms with Crippen LogP contribution in [0.4, 0.5) is 22.0 Å². The van der Waals surface area contributed by atoms with E-state index < -0.39 is 24.1 Å². The SMILES string of the molecule is CC(CC(=O)N1CC[C@H](OCc2ccc(C(F)(F)F)cc2)C1)C(F)F. The summed E-state index contributed by atoms with van der Waals surface area (Å²) in [6, 6.07) is 4.69. The van der Waals surface area contributed by atoms with Gasteiger partial charge in [0.2, 0.25) is 12.3 Å². The lowest BCUT2D eigenvalue weighted by atomic mass is 10.1. The highest BCUT2D eigenvalue weighted by atomic mass is 19.4.